The number of hydrogen-bond acceptors (Lipinski definition) is 6. The van der Waals surface area contributed by atoms with Crippen LogP contribution in [0.5, 0.6) is 0 Å². The van der Waals surface area contributed by atoms with Gasteiger partial charge in [0.15, 0.2) is 0 Å². The Labute approximate surface area is 132 Å². The first-order valence-electron chi connectivity index (χ1n) is 7.24. The van der Waals surface area contributed by atoms with Gasteiger partial charge in [-0.05, 0) is 6.07 Å². The minimum absolute atomic E-state index is 0.0276. The second kappa shape index (κ2) is 5.83. The van der Waals surface area contributed by atoms with Crippen LogP contribution in [0.4, 0.5) is 5.95 Å². The molecule has 4 rings (SSSR count). The Morgan fingerprint density at radius 3 is 2.36 bits per heavy atom. The molecule has 116 valence electrons. The summed E-state index contributed by atoms with van der Waals surface area (Å²) < 4.78 is 13.9. The van der Waals surface area contributed by atoms with E-state index in [1.54, 1.807) is 18.6 Å². The number of ether oxygens (including phenoxy) is 2. The second-order valence-electron chi connectivity index (χ2n) is 5.49. The quantitative estimate of drug-likeness (QED) is 0.827. The maximum atomic E-state index is 6.03. The topological polar surface area (TPSA) is 65.3 Å². The molecule has 2 aliphatic rings. The number of aromatic nitrogens is 4. The average Bonchev–Trinajstić information content (AvgIpc) is 3.15. The molecular weight excluding hydrogens is 306 g/mol. The lowest BCUT2D eigenvalue weighted by Gasteiger charge is -2.18. The van der Waals surface area contributed by atoms with Crippen molar-refractivity contribution in [2.24, 2.45) is 0 Å². The maximum absolute atomic E-state index is 6.03. The third-order valence-electron chi connectivity index (χ3n) is 4.01. The smallest absolute Gasteiger partial charge is 0.225 e. The van der Waals surface area contributed by atoms with E-state index in [1.165, 1.54) is 0 Å². The fourth-order valence-corrected chi connectivity index (χ4v) is 2.96. The first-order chi connectivity index (χ1) is 10.8. The van der Waals surface area contributed by atoms with E-state index in [1.807, 2.05) is 16.9 Å². The molecule has 2 atom stereocenters. The molecule has 0 radical (unpaired) electrons. The van der Waals surface area contributed by atoms with Crippen LogP contribution in [0.1, 0.15) is 6.04 Å². The predicted octanol–water partition coefficient (Wildman–Crippen LogP) is 1.17. The van der Waals surface area contributed by atoms with Crippen molar-refractivity contribution < 1.29 is 9.47 Å². The molecule has 0 bridgehead atoms. The Morgan fingerprint density at radius 2 is 1.77 bits per heavy atom. The van der Waals surface area contributed by atoms with Crippen molar-refractivity contribution in [3.05, 3.63) is 35.9 Å². The molecule has 4 heterocycles. The van der Waals surface area contributed by atoms with Crippen LogP contribution < -0.4 is 4.90 Å². The van der Waals surface area contributed by atoms with Crippen LogP contribution in [0, 0.1) is 0 Å². The van der Waals surface area contributed by atoms with Crippen LogP contribution in [-0.2, 0) is 9.47 Å². The highest BCUT2D eigenvalue weighted by molar-refractivity contribution is 6.30. The van der Waals surface area contributed by atoms with Gasteiger partial charge in [-0.3, -0.25) is 4.68 Å². The molecule has 2 saturated heterocycles. The van der Waals surface area contributed by atoms with Gasteiger partial charge in [-0.15, -0.1) is 0 Å². The number of rotatable bonds is 2. The van der Waals surface area contributed by atoms with Crippen molar-refractivity contribution in [2.75, 3.05) is 31.2 Å². The van der Waals surface area contributed by atoms with E-state index in [-0.39, 0.29) is 18.2 Å². The molecule has 0 spiro atoms. The Hall–Kier alpha value is -1.70. The summed E-state index contributed by atoms with van der Waals surface area (Å²) in [6.07, 6.45) is 6.97. The molecule has 8 heteroatoms. The molecule has 0 saturated carbocycles. The highest BCUT2D eigenvalue weighted by Crippen LogP contribution is 2.25. The second-order valence-corrected chi connectivity index (χ2v) is 5.93. The molecule has 0 aromatic carbocycles. The molecule has 2 aromatic rings. The zero-order valence-corrected chi connectivity index (χ0v) is 12.6. The SMILES string of the molecule is Clc1cnc(N2C[C@@H]3OCC(n4cccn4)CO[C@H]3C2)nc1. The zero-order chi connectivity index (χ0) is 14.9. The van der Waals surface area contributed by atoms with Gasteiger partial charge in [0.25, 0.3) is 0 Å². The third-order valence-corrected chi connectivity index (χ3v) is 4.20. The van der Waals surface area contributed by atoms with E-state index in [0.29, 0.717) is 24.2 Å². The number of nitrogens with zero attached hydrogens (tertiary/aromatic N) is 5. The van der Waals surface area contributed by atoms with E-state index >= 15 is 0 Å². The summed E-state index contributed by atoms with van der Waals surface area (Å²) in [6.45, 7) is 2.63. The van der Waals surface area contributed by atoms with Crippen LogP contribution in [0.15, 0.2) is 30.9 Å². The molecule has 0 unspecified atom stereocenters. The van der Waals surface area contributed by atoms with Gasteiger partial charge in [0.05, 0.1) is 36.7 Å². The highest BCUT2D eigenvalue weighted by atomic mass is 35.5. The molecule has 2 aromatic heterocycles. The fourth-order valence-electron chi connectivity index (χ4n) is 2.86. The molecule has 0 N–H and O–H groups in total. The lowest BCUT2D eigenvalue weighted by molar-refractivity contribution is -0.00461. The number of fused-ring (bicyclic) bond motifs is 1. The van der Waals surface area contributed by atoms with E-state index in [9.17, 15) is 0 Å². The van der Waals surface area contributed by atoms with Crippen LogP contribution in [-0.4, -0.2) is 58.3 Å². The maximum Gasteiger partial charge on any atom is 0.225 e. The predicted molar refractivity (Wildman–Crippen MR) is 80.0 cm³/mol. The molecule has 2 aliphatic heterocycles. The summed E-state index contributed by atoms with van der Waals surface area (Å²) in [6, 6.07) is 2.03. The molecule has 2 fully saturated rings. The van der Waals surface area contributed by atoms with E-state index in [2.05, 4.69) is 20.0 Å². The lowest BCUT2D eigenvalue weighted by atomic mass is 10.3. The van der Waals surface area contributed by atoms with Crippen molar-refractivity contribution >= 4 is 17.5 Å². The lowest BCUT2D eigenvalue weighted by Crippen LogP contribution is -2.27. The van der Waals surface area contributed by atoms with Crippen molar-refractivity contribution in [1.82, 2.24) is 19.7 Å². The summed E-state index contributed by atoms with van der Waals surface area (Å²) >= 11 is 5.83. The van der Waals surface area contributed by atoms with Gasteiger partial charge in [0.2, 0.25) is 5.95 Å². The summed E-state index contributed by atoms with van der Waals surface area (Å²) in [4.78, 5) is 10.6. The Morgan fingerprint density at radius 1 is 1.09 bits per heavy atom. The van der Waals surface area contributed by atoms with Crippen molar-refractivity contribution in [1.29, 1.82) is 0 Å². The van der Waals surface area contributed by atoms with E-state index in [0.717, 1.165) is 13.1 Å². The van der Waals surface area contributed by atoms with Gasteiger partial charge in [-0.2, -0.15) is 5.10 Å². The summed E-state index contributed by atoms with van der Waals surface area (Å²) in [7, 11) is 0. The first-order valence-corrected chi connectivity index (χ1v) is 7.62. The number of halogens is 1. The van der Waals surface area contributed by atoms with Gasteiger partial charge in [0, 0.05) is 25.5 Å². The summed E-state index contributed by atoms with van der Waals surface area (Å²) in [5, 5.41) is 4.79. The molecule has 0 aliphatic carbocycles. The standard InChI is InChI=1S/C14H16ClN5O2/c15-10-4-16-14(17-5-10)19-6-12-13(7-19)22-9-11(8-21-12)20-3-1-2-18-20/h1-5,11-13H,6-9H2/t12-,13-/m0/s1. The zero-order valence-electron chi connectivity index (χ0n) is 11.9. The molecule has 7 nitrogen and oxygen atoms in total. The Balaban J connectivity index is 1.43. The summed E-state index contributed by atoms with van der Waals surface area (Å²) in [5.74, 6) is 0.660. The van der Waals surface area contributed by atoms with Gasteiger partial charge < -0.3 is 14.4 Å². The van der Waals surface area contributed by atoms with Gasteiger partial charge in [0.1, 0.15) is 12.2 Å². The molecule has 0 amide bonds. The van der Waals surface area contributed by atoms with Crippen LogP contribution in [0.25, 0.3) is 0 Å². The average molecular weight is 322 g/mol. The van der Waals surface area contributed by atoms with Gasteiger partial charge in [-0.25, -0.2) is 9.97 Å². The highest BCUT2D eigenvalue weighted by Gasteiger charge is 2.38. The third kappa shape index (κ3) is 2.67. The number of anilines is 1. The van der Waals surface area contributed by atoms with Crippen molar-refractivity contribution in [2.45, 2.75) is 18.2 Å². The van der Waals surface area contributed by atoms with Crippen molar-refractivity contribution in [3.8, 4) is 0 Å². The van der Waals surface area contributed by atoms with Crippen molar-refractivity contribution in [3.63, 3.8) is 0 Å². The molecule has 22 heavy (non-hydrogen) atoms. The number of hydrogen-bond donors (Lipinski definition) is 0. The van der Waals surface area contributed by atoms with E-state index < -0.39 is 0 Å². The Kier molecular flexibility index (Phi) is 3.69. The van der Waals surface area contributed by atoms with Gasteiger partial charge >= 0.3 is 0 Å². The monoisotopic (exact) mass is 321 g/mol. The van der Waals surface area contributed by atoms with Crippen LogP contribution >= 0.6 is 11.6 Å². The van der Waals surface area contributed by atoms with Crippen LogP contribution in [0.3, 0.4) is 0 Å². The first kappa shape index (κ1) is 13.9. The fraction of sp³-hybridized carbons (Fsp3) is 0.500. The minimum Gasteiger partial charge on any atom is -0.371 e. The minimum atomic E-state index is 0.0276. The summed E-state index contributed by atoms with van der Waals surface area (Å²) in [5.41, 5.74) is 0. The largest absolute Gasteiger partial charge is 0.371 e. The molecular formula is C14H16ClN5O2. The van der Waals surface area contributed by atoms with Gasteiger partial charge in [-0.1, -0.05) is 11.6 Å². The van der Waals surface area contributed by atoms with E-state index in [4.69, 9.17) is 21.1 Å². The Bertz CT molecular complexity index is 605. The van der Waals surface area contributed by atoms with Crippen LogP contribution in [0.2, 0.25) is 5.02 Å². The normalized spacial score (nSPS) is 26.0.